The van der Waals surface area contributed by atoms with E-state index in [0.29, 0.717) is 24.9 Å². The highest BCUT2D eigenvalue weighted by molar-refractivity contribution is 5.94. The van der Waals surface area contributed by atoms with Gasteiger partial charge in [-0.25, -0.2) is 0 Å². The SMILES string of the molecule is CC(CCO)NC(=O)c1cccc(CN2CCCC2=O)c1. The number of nitrogens with one attached hydrogen (secondary N) is 1. The average Bonchev–Trinajstić information content (AvgIpc) is 2.85. The molecule has 1 aromatic carbocycles. The second-order valence-corrected chi connectivity index (χ2v) is 5.51. The van der Waals surface area contributed by atoms with Gasteiger partial charge in [0.15, 0.2) is 0 Å². The van der Waals surface area contributed by atoms with Gasteiger partial charge in [-0.05, 0) is 37.5 Å². The largest absolute Gasteiger partial charge is 0.396 e. The molecule has 1 aromatic rings. The van der Waals surface area contributed by atoms with Gasteiger partial charge in [-0.1, -0.05) is 12.1 Å². The van der Waals surface area contributed by atoms with Crippen molar-refractivity contribution in [3.05, 3.63) is 35.4 Å². The minimum atomic E-state index is -0.148. The molecule has 114 valence electrons. The zero-order valence-electron chi connectivity index (χ0n) is 12.3. The van der Waals surface area contributed by atoms with Crippen molar-refractivity contribution >= 4 is 11.8 Å². The number of carbonyl (C=O) groups is 2. The third kappa shape index (κ3) is 4.29. The Labute approximate surface area is 125 Å². The van der Waals surface area contributed by atoms with Crippen molar-refractivity contribution in [2.24, 2.45) is 0 Å². The molecule has 1 unspecified atom stereocenters. The van der Waals surface area contributed by atoms with Crippen LogP contribution >= 0.6 is 0 Å². The first kappa shape index (κ1) is 15.5. The molecule has 1 saturated heterocycles. The highest BCUT2D eigenvalue weighted by atomic mass is 16.3. The normalized spacial score (nSPS) is 16.1. The summed E-state index contributed by atoms with van der Waals surface area (Å²) in [4.78, 5) is 25.6. The van der Waals surface area contributed by atoms with Gasteiger partial charge in [0.05, 0.1) is 0 Å². The van der Waals surface area contributed by atoms with Crippen LogP contribution in [0.3, 0.4) is 0 Å². The first-order valence-corrected chi connectivity index (χ1v) is 7.38. The molecule has 1 atom stereocenters. The van der Waals surface area contributed by atoms with Gasteiger partial charge >= 0.3 is 0 Å². The third-order valence-electron chi connectivity index (χ3n) is 3.67. The van der Waals surface area contributed by atoms with Crippen LogP contribution in [0.4, 0.5) is 0 Å². The molecule has 1 aliphatic rings. The number of amides is 2. The van der Waals surface area contributed by atoms with Crippen molar-refractivity contribution in [2.75, 3.05) is 13.2 Å². The van der Waals surface area contributed by atoms with E-state index < -0.39 is 0 Å². The number of hydrogen-bond acceptors (Lipinski definition) is 3. The fraction of sp³-hybridized carbons (Fsp3) is 0.500. The molecule has 0 aliphatic carbocycles. The summed E-state index contributed by atoms with van der Waals surface area (Å²) in [5.74, 6) is 0.0342. The lowest BCUT2D eigenvalue weighted by atomic mass is 10.1. The van der Waals surface area contributed by atoms with E-state index in [1.54, 1.807) is 6.07 Å². The molecule has 0 bridgehead atoms. The van der Waals surface area contributed by atoms with Gasteiger partial charge in [0, 0.05) is 37.7 Å². The summed E-state index contributed by atoms with van der Waals surface area (Å²) in [6.07, 6.45) is 2.07. The number of likely N-dealkylation sites (tertiary alicyclic amines) is 1. The Kier molecular flexibility index (Phi) is 5.33. The maximum Gasteiger partial charge on any atom is 0.251 e. The number of nitrogens with zero attached hydrogens (tertiary/aromatic N) is 1. The zero-order chi connectivity index (χ0) is 15.2. The Morgan fingerprint density at radius 1 is 1.48 bits per heavy atom. The number of hydrogen-bond donors (Lipinski definition) is 2. The van der Waals surface area contributed by atoms with Gasteiger partial charge in [-0.15, -0.1) is 0 Å². The fourth-order valence-corrected chi connectivity index (χ4v) is 2.48. The molecule has 1 heterocycles. The number of rotatable bonds is 6. The predicted octanol–water partition coefficient (Wildman–Crippen LogP) is 1.31. The first-order chi connectivity index (χ1) is 10.1. The molecule has 0 radical (unpaired) electrons. The van der Waals surface area contributed by atoms with Gasteiger partial charge < -0.3 is 15.3 Å². The molecule has 5 nitrogen and oxygen atoms in total. The average molecular weight is 290 g/mol. The Morgan fingerprint density at radius 2 is 2.29 bits per heavy atom. The van der Waals surface area contributed by atoms with Crippen LogP contribution < -0.4 is 5.32 Å². The van der Waals surface area contributed by atoms with E-state index in [1.807, 2.05) is 30.0 Å². The Balaban J connectivity index is 2.00. The summed E-state index contributed by atoms with van der Waals surface area (Å²) in [6.45, 7) is 3.27. The molecule has 1 aliphatic heterocycles. The smallest absolute Gasteiger partial charge is 0.251 e. The number of carbonyl (C=O) groups excluding carboxylic acids is 2. The van der Waals surface area contributed by atoms with Gasteiger partial charge in [0.1, 0.15) is 0 Å². The van der Waals surface area contributed by atoms with Crippen molar-refractivity contribution in [3.63, 3.8) is 0 Å². The molecule has 0 spiro atoms. The lowest BCUT2D eigenvalue weighted by Gasteiger charge is -2.16. The predicted molar refractivity (Wildman–Crippen MR) is 79.7 cm³/mol. The number of aliphatic hydroxyl groups excluding tert-OH is 1. The highest BCUT2D eigenvalue weighted by Gasteiger charge is 2.20. The molecule has 2 amide bonds. The summed E-state index contributed by atoms with van der Waals surface area (Å²) >= 11 is 0. The summed E-state index contributed by atoms with van der Waals surface area (Å²) < 4.78 is 0. The van der Waals surface area contributed by atoms with E-state index in [1.165, 1.54) is 0 Å². The Hall–Kier alpha value is -1.88. The molecule has 0 aromatic heterocycles. The van der Waals surface area contributed by atoms with Crippen LogP contribution in [0.2, 0.25) is 0 Å². The van der Waals surface area contributed by atoms with Crippen LogP contribution in [-0.2, 0) is 11.3 Å². The van der Waals surface area contributed by atoms with Crippen LogP contribution in [0.15, 0.2) is 24.3 Å². The van der Waals surface area contributed by atoms with E-state index >= 15 is 0 Å². The third-order valence-corrected chi connectivity index (χ3v) is 3.67. The van der Waals surface area contributed by atoms with E-state index in [4.69, 9.17) is 5.11 Å². The van der Waals surface area contributed by atoms with Crippen LogP contribution in [0.5, 0.6) is 0 Å². The monoisotopic (exact) mass is 290 g/mol. The molecule has 2 rings (SSSR count). The zero-order valence-corrected chi connectivity index (χ0v) is 12.3. The summed E-state index contributed by atoms with van der Waals surface area (Å²) in [5.41, 5.74) is 1.55. The van der Waals surface area contributed by atoms with Crippen LogP contribution in [-0.4, -0.2) is 41.0 Å². The summed E-state index contributed by atoms with van der Waals surface area (Å²) in [7, 11) is 0. The number of benzene rings is 1. The quantitative estimate of drug-likeness (QED) is 0.830. The molecule has 0 saturated carbocycles. The Bertz CT molecular complexity index is 516. The highest BCUT2D eigenvalue weighted by Crippen LogP contribution is 2.15. The summed E-state index contributed by atoms with van der Waals surface area (Å²) in [5, 5.41) is 11.7. The van der Waals surface area contributed by atoms with Gasteiger partial charge in [-0.2, -0.15) is 0 Å². The van der Waals surface area contributed by atoms with E-state index in [2.05, 4.69) is 5.32 Å². The molecule has 1 fully saturated rings. The van der Waals surface area contributed by atoms with Crippen molar-refractivity contribution in [3.8, 4) is 0 Å². The minimum Gasteiger partial charge on any atom is -0.396 e. The maximum atomic E-state index is 12.1. The van der Waals surface area contributed by atoms with Crippen molar-refractivity contribution in [2.45, 2.75) is 38.8 Å². The van der Waals surface area contributed by atoms with Crippen molar-refractivity contribution < 1.29 is 14.7 Å². The number of aliphatic hydroxyl groups is 1. The second kappa shape index (κ2) is 7.22. The Morgan fingerprint density at radius 3 is 2.95 bits per heavy atom. The van der Waals surface area contributed by atoms with Gasteiger partial charge in [-0.3, -0.25) is 9.59 Å². The fourth-order valence-electron chi connectivity index (χ4n) is 2.48. The second-order valence-electron chi connectivity index (χ2n) is 5.51. The van der Waals surface area contributed by atoms with Crippen LogP contribution in [0.1, 0.15) is 42.1 Å². The molecular formula is C16H22N2O3. The lowest BCUT2D eigenvalue weighted by Crippen LogP contribution is -2.33. The van der Waals surface area contributed by atoms with Crippen LogP contribution in [0.25, 0.3) is 0 Å². The van der Waals surface area contributed by atoms with Crippen molar-refractivity contribution in [1.82, 2.24) is 10.2 Å². The molecule has 21 heavy (non-hydrogen) atoms. The standard InChI is InChI=1S/C16H22N2O3/c1-12(7-9-19)17-16(21)14-5-2-4-13(10-14)11-18-8-3-6-15(18)20/h2,4-5,10,12,19H,3,6-9,11H2,1H3,(H,17,21). The maximum absolute atomic E-state index is 12.1. The molecule has 2 N–H and O–H groups in total. The molecule has 5 heteroatoms. The van der Waals surface area contributed by atoms with E-state index in [-0.39, 0.29) is 24.5 Å². The van der Waals surface area contributed by atoms with Crippen LogP contribution in [0, 0.1) is 0 Å². The van der Waals surface area contributed by atoms with Crippen molar-refractivity contribution in [1.29, 1.82) is 0 Å². The lowest BCUT2D eigenvalue weighted by molar-refractivity contribution is -0.128. The molecular weight excluding hydrogens is 268 g/mol. The van der Waals surface area contributed by atoms with Gasteiger partial charge in [0.2, 0.25) is 5.91 Å². The summed E-state index contributed by atoms with van der Waals surface area (Å²) in [6, 6.07) is 7.29. The van der Waals surface area contributed by atoms with E-state index in [0.717, 1.165) is 18.5 Å². The first-order valence-electron chi connectivity index (χ1n) is 7.38. The topological polar surface area (TPSA) is 69.6 Å². The van der Waals surface area contributed by atoms with E-state index in [9.17, 15) is 9.59 Å². The minimum absolute atomic E-state index is 0.0541. The van der Waals surface area contributed by atoms with Gasteiger partial charge in [0.25, 0.3) is 5.91 Å².